The summed E-state index contributed by atoms with van der Waals surface area (Å²) >= 11 is 0. The molecule has 0 unspecified atom stereocenters. The van der Waals surface area contributed by atoms with Crippen LogP contribution in [0.25, 0.3) is 0 Å². The summed E-state index contributed by atoms with van der Waals surface area (Å²) in [5, 5.41) is 7.02. The first kappa shape index (κ1) is 22.7. The number of benzene rings is 2. The van der Waals surface area contributed by atoms with Crippen LogP contribution in [0.1, 0.15) is 37.8 Å². The van der Waals surface area contributed by atoms with Gasteiger partial charge in [-0.05, 0) is 62.1 Å². The summed E-state index contributed by atoms with van der Waals surface area (Å²) in [6, 6.07) is 16.4. The first-order valence-corrected chi connectivity index (χ1v) is 11.8. The van der Waals surface area contributed by atoms with Gasteiger partial charge >= 0.3 is 0 Å². The Labute approximate surface area is 191 Å². The third-order valence-corrected chi connectivity index (χ3v) is 6.48. The standard InChI is InChI=1S/C26H35FN4O/c1-19-16-30(17-20(2)28-19)18-22-5-3-21(4-6-22)15-26(32)31-13-11-25(12-14-31)29-24-9-7-23(27)8-10-24/h3-10,19-20,25,28-29H,11-18H2,1-2H3/t19-,20+. The molecule has 5 nitrogen and oxygen atoms in total. The zero-order valence-corrected chi connectivity index (χ0v) is 19.2. The lowest BCUT2D eigenvalue weighted by atomic mass is 10.0. The van der Waals surface area contributed by atoms with E-state index in [0.717, 1.165) is 56.8 Å². The maximum absolute atomic E-state index is 13.1. The van der Waals surface area contributed by atoms with Gasteiger partial charge in [0.25, 0.3) is 0 Å². The molecule has 0 saturated carbocycles. The number of hydrogen-bond donors (Lipinski definition) is 2. The number of likely N-dealkylation sites (tertiary alicyclic amines) is 1. The van der Waals surface area contributed by atoms with E-state index in [9.17, 15) is 9.18 Å². The molecule has 0 radical (unpaired) electrons. The van der Waals surface area contributed by atoms with Gasteiger partial charge in [0.1, 0.15) is 5.82 Å². The lowest BCUT2D eigenvalue weighted by Crippen LogP contribution is -2.53. The molecule has 0 aromatic heterocycles. The van der Waals surface area contributed by atoms with E-state index < -0.39 is 0 Å². The lowest BCUT2D eigenvalue weighted by molar-refractivity contribution is -0.131. The van der Waals surface area contributed by atoms with Gasteiger partial charge in [-0.3, -0.25) is 9.69 Å². The minimum atomic E-state index is -0.225. The molecule has 6 heteroatoms. The molecule has 2 heterocycles. The summed E-state index contributed by atoms with van der Waals surface area (Å²) in [7, 11) is 0. The average molecular weight is 439 g/mol. The number of amides is 1. The van der Waals surface area contributed by atoms with E-state index in [-0.39, 0.29) is 11.7 Å². The number of nitrogens with zero attached hydrogens (tertiary/aromatic N) is 2. The van der Waals surface area contributed by atoms with Gasteiger partial charge in [-0.25, -0.2) is 4.39 Å². The van der Waals surface area contributed by atoms with Crippen LogP contribution in [0.4, 0.5) is 10.1 Å². The van der Waals surface area contributed by atoms with Crippen molar-refractivity contribution in [2.24, 2.45) is 0 Å². The van der Waals surface area contributed by atoms with Crippen LogP contribution in [0.2, 0.25) is 0 Å². The second-order valence-electron chi connectivity index (χ2n) is 9.46. The van der Waals surface area contributed by atoms with Gasteiger partial charge in [-0.2, -0.15) is 0 Å². The number of anilines is 1. The van der Waals surface area contributed by atoms with Crippen LogP contribution in [0.5, 0.6) is 0 Å². The molecule has 2 fully saturated rings. The first-order chi connectivity index (χ1) is 15.4. The molecule has 4 rings (SSSR count). The predicted octanol–water partition coefficient (Wildman–Crippen LogP) is 3.65. The number of rotatable bonds is 6. The van der Waals surface area contributed by atoms with Gasteiger partial charge in [-0.15, -0.1) is 0 Å². The Hall–Kier alpha value is -2.44. The number of hydrogen-bond acceptors (Lipinski definition) is 4. The summed E-state index contributed by atoms with van der Waals surface area (Å²) < 4.78 is 13.1. The van der Waals surface area contributed by atoms with Crippen LogP contribution in [0.15, 0.2) is 48.5 Å². The van der Waals surface area contributed by atoms with Crippen molar-refractivity contribution in [3.05, 3.63) is 65.5 Å². The monoisotopic (exact) mass is 438 g/mol. The maximum Gasteiger partial charge on any atom is 0.226 e. The van der Waals surface area contributed by atoms with Crippen molar-refractivity contribution in [2.75, 3.05) is 31.5 Å². The highest BCUT2D eigenvalue weighted by Crippen LogP contribution is 2.18. The molecule has 32 heavy (non-hydrogen) atoms. The van der Waals surface area contributed by atoms with Crippen molar-refractivity contribution in [2.45, 2.75) is 57.8 Å². The van der Waals surface area contributed by atoms with Gasteiger partial charge in [0, 0.05) is 56.5 Å². The summed E-state index contributed by atoms with van der Waals surface area (Å²) in [4.78, 5) is 17.3. The zero-order chi connectivity index (χ0) is 22.5. The van der Waals surface area contributed by atoms with Crippen LogP contribution in [-0.4, -0.2) is 60.0 Å². The molecular weight excluding hydrogens is 403 g/mol. The fraction of sp³-hybridized carbons (Fsp3) is 0.500. The van der Waals surface area contributed by atoms with E-state index in [1.54, 1.807) is 12.1 Å². The Morgan fingerprint density at radius 1 is 0.969 bits per heavy atom. The number of carbonyl (C=O) groups is 1. The molecule has 2 aliphatic heterocycles. The molecule has 172 valence electrons. The second kappa shape index (κ2) is 10.5. The molecule has 2 atom stereocenters. The quantitative estimate of drug-likeness (QED) is 0.723. The van der Waals surface area contributed by atoms with Crippen LogP contribution >= 0.6 is 0 Å². The van der Waals surface area contributed by atoms with Crippen molar-refractivity contribution >= 4 is 11.6 Å². The van der Waals surface area contributed by atoms with Crippen molar-refractivity contribution in [3.8, 4) is 0 Å². The van der Waals surface area contributed by atoms with Crippen LogP contribution in [-0.2, 0) is 17.8 Å². The molecule has 2 aromatic rings. The Kier molecular flexibility index (Phi) is 7.43. The molecule has 1 amide bonds. The van der Waals surface area contributed by atoms with E-state index >= 15 is 0 Å². The Morgan fingerprint density at radius 2 is 1.56 bits per heavy atom. The zero-order valence-electron chi connectivity index (χ0n) is 19.2. The fourth-order valence-electron chi connectivity index (χ4n) is 4.93. The number of piperidine rings is 1. The average Bonchev–Trinajstić information content (AvgIpc) is 2.76. The SMILES string of the molecule is C[C@@H]1CN(Cc2ccc(CC(=O)N3CCC(Nc4ccc(F)cc4)CC3)cc2)C[C@H](C)N1. The van der Waals surface area contributed by atoms with Crippen LogP contribution in [0.3, 0.4) is 0 Å². The molecule has 2 aromatic carbocycles. The molecule has 2 N–H and O–H groups in total. The number of carbonyl (C=O) groups excluding carboxylic acids is 1. The van der Waals surface area contributed by atoms with Gasteiger partial charge < -0.3 is 15.5 Å². The fourth-order valence-corrected chi connectivity index (χ4v) is 4.93. The van der Waals surface area contributed by atoms with Crippen LogP contribution < -0.4 is 10.6 Å². The number of piperazine rings is 1. The molecule has 2 aliphatic rings. The second-order valence-corrected chi connectivity index (χ2v) is 9.46. The summed E-state index contributed by atoms with van der Waals surface area (Å²) in [5.41, 5.74) is 3.31. The maximum atomic E-state index is 13.1. The predicted molar refractivity (Wildman–Crippen MR) is 127 cm³/mol. The lowest BCUT2D eigenvalue weighted by Gasteiger charge is -2.36. The minimum absolute atomic E-state index is 0.197. The summed E-state index contributed by atoms with van der Waals surface area (Å²) in [5.74, 6) is -0.0280. The molecule has 0 bridgehead atoms. The van der Waals surface area contributed by atoms with Gasteiger partial charge in [0.2, 0.25) is 5.91 Å². The van der Waals surface area contributed by atoms with Crippen molar-refractivity contribution < 1.29 is 9.18 Å². The Bertz CT molecular complexity index is 868. The molecule has 0 spiro atoms. The van der Waals surface area contributed by atoms with E-state index in [1.165, 1.54) is 17.7 Å². The van der Waals surface area contributed by atoms with E-state index in [4.69, 9.17) is 0 Å². The highest BCUT2D eigenvalue weighted by Gasteiger charge is 2.23. The summed E-state index contributed by atoms with van der Waals surface area (Å²) in [6.07, 6.45) is 2.27. The highest BCUT2D eigenvalue weighted by molar-refractivity contribution is 5.78. The molecule has 2 saturated heterocycles. The van der Waals surface area contributed by atoms with Crippen molar-refractivity contribution in [1.82, 2.24) is 15.1 Å². The van der Waals surface area contributed by atoms with E-state index in [1.807, 2.05) is 4.90 Å². The topological polar surface area (TPSA) is 47.6 Å². The Balaban J connectivity index is 1.22. The van der Waals surface area contributed by atoms with Crippen molar-refractivity contribution in [1.29, 1.82) is 0 Å². The Morgan fingerprint density at radius 3 is 2.19 bits per heavy atom. The van der Waals surface area contributed by atoms with E-state index in [2.05, 4.69) is 53.6 Å². The number of halogens is 1. The molecular formula is C26H35FN4O. The third-order valence-electron chi connectivity index (χ3n) is 6.48. The largest absolute Gasteiger partial charge is 0.382 e. The van der Waals surface area contributed by atoms with Crippen LogP contribution in [0, 0.1) is 5.82 Å². The first-order valence-electron chi connectivity index (χ1n) is 11.8. The highest BCUT2D eigenvalue weighted by atomic mass is 19.1. The van der Waals surface area contributed by atoms with Gasteiger partial charge in [0.05, 0.1) is 6.42 Å². The summed E-state index contributed by atoms with van der Waals surface area (Å²) in [6.45, 7) is 9.08. The molecule has 0 aliphatic carbocycles. The van der Waals surface area contributed by atoms with Crippen molar-refractivity contribution in [3.63, 3.8) is 0 Å². The minimum Gasteiger partial charge on any atom is -0.382 e. The van der Waals surface area contributed by atoms with Gasteiger partial charge in [0.15, 0.2) is 0 Å². The normalized spacial score (nSPS) is 22.7. The smallest absolute Gasteiger partial charge is 0.226 e. The van der Waals surface area contributed by atoms with Gasteiger partial charge in [-0.1, -0.05) is 24.3 Å². The third kappa shape index (κ3) is 6.30. The number of nitrogens with one attached hydrogen (secondary N) is 2. The van der Waals surface area contributed by atoms with E-state index in [0.29, 0.717) is 24.5 Å².